The van der Waals surface area contributed by atoms with Gasteiger partial charge < -0.3 is 5.11 Å². The molecule has 1 fully saturated rings. The van der Waals surface area contributed by atoms with Crippen molar-refractivity contribution in [1.29, 1.82) is 5.26 Å². The largest absolute Gasteiger partial charge is 0.387 e. The Labute approximate surface area is 114 Å². The fourth-order valence-electron chi connectivity index (χ4n) is 2.59. The van der Waals surface area contributed by atoms with E-state index < -0.39 is 6.10 Å². The van der Waals surface area contributed by atoms with E-state index >= 15 is 0 Å². The summed E-state index contributed by atoms with van der Waals surface area (Å²) in [5.41, 5.74) is 0.967. The van der Waals surface area contributed by atoms with E-state index in [-0.39, 0.29) is 0 Å². The minimum absolute atomic E-state index is 0.375. The van der Waals surface area contributed by atoms with E-state index in [4.69, 9.17) is 5.26 Å². The van der Waals surface area contributed by atoms with Crippen LogP contribution in [-0.4, -0.2) is 53.7 Å². The molecule has 4 heteroatoms. The standard InChI is InChI=1S/C15H21N3O/c1-13-11-17(8-7-16)9-10-18(13)12-15(19)14-5-3-2-4-6-14/h2-6,13,15,19H,8-12H2,1H3/t13-,15-/m1/s1. The third kappa shape index (κ3) is 3.77. The molecule has 1 aromatic carbocycles. The quantitative estimate of drug-likeness (QED) is 0.827. The molecular formula is C15H21N3O. The highest BCUT2D eigenvalue weighted by Crippen LogP contribution is 2.17. The Morgan fingerprint density at radius 3 is 2.74 bits per heavy atom. The Morgan fingerprint density at radius 1 is 1.37 bits per heavy atom. The highest BCUT2D eigenvalue weighted by molar-refractivity contribution is 5.17. The van der Waals surface area contributed by atoms with Gasteiger partial charge in [-0.05, 0) is 12.5 Å². The Hall–Kier alpha value is -1.41. The minimum atomic E-state index is -0.439. The zero-order chi connectivity index (χ0) is 13.7. The van der Waals surface area contributed by atoms with Gasteiger partial charge in [0.15, 0.2) is 0 Å². The first-order valence-electron chi connectivity index (χ1n) is 6.77. The lowest BCUT2D eigenvalue weighted by Crippen LogP contribution is -2.52. The summed E-state index contributed by atoms with van der Waals surface area (Å²) in [6, 6.07) is 12.4. The highest BCUT2D eigenvalue weighted by atomic mass is 16.3. The molecule has 1 aromatic rings. The predicted molar refractivity (Wildman–Crippen MR) is 74.5 cm³/mol. The van der Waals surface area contributed by atoms with Crippen molar-refractivity contribution in [2.45, 2.75) is 19.1 Å². The molecule has 0 amide bonds. The SMILES string of the molecule is C[C@@H]1CN(CC#N)CCN1C[C@@H](O)c1ccccc1. The van der Waals surface area contributed by atoms with Crippen LogP contribution in [0.2, 0.25) is 0 Å². The van der Waals surface area contributed by atoms with Gasteiger partial charge in [0.25, 0.3) is 0 Å². The predicted octanol–water partition coefficient (Wildman–Crippen LogP) is 1.25. The van der Waals surface area contributed by atoms with Crippen molar-refractivity contribution in [3.63, 3.8) is 0 Å². The maximum atomic E-state index is 10.3. The van der Waals surface area contributed by atoms with E-state index in [0.29, 0.717) is 19.1 Å². The van der Waals surface area contributed by atoms with Gasteiger partial charge in [0.2, 0.25) is 0 Å². The summed E-state index contributed by atoms with van der Waals surface area (Å²) in [6.07, 6.45) is -0.439. The second-order valence-corrected chi connectivity index (χ2v) is 5.16. The molecule has 4 nitrogen and oxygen atoms in total. The van der Waals surface area contributed by atoms with Crippen LogP contribution in [-0.2, 0) is 0 Å². The second kappa shape index (κ2) is 6.67. The maximum Gasteiger partial charge on any atom is 0.0917 e. The van der Waals surface area contributed by atoms with Gasteiger partial charge in [0.1, 0.15) is 0 Å². The number of β-amino-alcohol motifs (C(OH)–C–C–N with tert-alkyl or cyclic N) is 1. The topological polar surface area (TPSA) is 50.5 Å². The maximum absolute atomic E-state index is 10.3. The van der Waals surface area contributed by atoms with Crippen molar-refractivity contribution < 1.29 is 5.11 Å². The first kappa shape index (κ1) is 14.0. The first-order chi connectivity index (χ1) is 9.20. The van der Waals surface area contributed by atoms with E-state index in [1.807, 2.05) is 30.3 Å². The fourth-order valence-corrected chi connectivity index (χ4v) is 2.59. The molecule has 0 spiro atoms. The smallest absolute Gasteiger partial charge is 0.0917 e. The molecule has 0 unspecified atom stereocenters. The average molecular weight is 259 g/mol. The molecule has 0 bridgehead atoms. The molecule has 1 heterocycles. The number of nitriles is 1. The third-order valence-electron chi connectivity index (χ3n) is 3.74. The van der Waals surface area contributed by atoms with E-state index in [1.165, 1.54) is 0 Å². The van der Waals surface area contributed by atoms with E-state index in [2.05, 4.69) is 22.8 Å². The number of piperazine rings is 1. The van der Waals surface area contributed by atoms with Crippen LogP contribution < -0.4 is 0 Å². The molecular weight excluding hydrogens is 238 g/mol. The third-order valence-corrected chi connectivity index (χ3v) is 3.74. The molecule has 0 radical (unpaired) electrons. The zero-order valence-corrected chi connectivity index (χ0v) is 11.4. The molecule has 19 heavy (non-hydrogen) atoms. The van der Waals surface area contributed by atoms with Crippen molar-refractivity contribution in [1.82, 2.24) is 9.80 Å². The van der Waals surface area contributed by atoms with Crippen molar-refractivity contribution in [2.24, 2.45) is 0 Å². The number of hydrogen-bond acceptors (Lipinski definition) is 4. The molecule has 2 rings (SSSR count). The van der Waals surface area contributed by atoms with Gasteiger partial charge in [-0.25, -0.2) is 0 Å². The Kier molecular flexibility index (Phi) is 4.92. The van der Waals surface area contributed by atoms with Crippen LogP contribution in [0.15, 0.2) is 30.3 Å². The minimum Gasteiger partial charge on any atom is -0.387 e. The van der Waals surface area contributed by atoms with Gasteiger partial charge in [-0.15, -0.1) is 0 Å². The lowest BCUT2D eigenvalue weighted by Gasteiger charge is -2.39. The summed E-state index contributed by atoms with van der Waals surface area (Å²) in [7, 11) is 0. The summed E-state index contributed by atoms with van der Waals surface area (Å²) in [6.45, 7) is 6.02. The number of nitrogens with zero attached hydrogens (tertiary/aromatic N) is 3. The average Bonchev–Trinajstić information content (AvgIpc) is 2.43. The lowest BCUT2D eigenvalue weighted by molar-refractivity contribution is 0.0433. The molecule has 1 aliphatic heterocycles. The van der Waals surface area contributed by atoms with Gasteiger partial charge in [-0.2, -0.15) is 5.26 Å². The van der Waals surface area contributed by atoms with Gasteiger partial charge in [-0.3, -0.25) is 9.80 Å². The number of aliphatic hydroxyl groups is 1. The molecule has 102 valence electrons. The number of rotatable bonds is 4. The van der Waals surface area contributed by atoms with E-state index in [1.54, 1.807) is 0 Å². The van der Waals surface area contributed by atoms with Gasteiger partial charge in [0.05, 0.1) is 18.7 Å². The van der Waals surface area contributed by atoms with Gasteiger partial charge in [-0.1, -0.05) is 30.3 Å². The summed E-state index contributed by atoms with van der Waals surface area (Å²) in [4.78, 5) is 4.46. The monoisotopic (exact) mass is 259 g/mol. The van der Waals surface area contributed by atoms with Crippen LogP contribution in [0.4, 0.5) is 0 Å². The molecule has 0 aromatic heterocycles. The van der Waals surface area contributed by atoms with Crippen LogP contribution in [0.3, 0.4) is 0 Å². The normalized spacial score (nSPS) is 22.9. The van der Waals surface area contributed by atoms with Crippen molar-refractivity contribution in [2.75, 3.05) is 32.7 Å². The number of benzene rings is 1. The number of aliphatic hydroxyl groups excluding tert-OH is 1. The van der Waals surface area contributed by atoms with Crippen molar-refractivity contribution >= 4 is 0 Å². The number of hydrogen-bond donors (Lipinski definition) is 1. The summed E-state index contributed by atoms with van der Waals surface area (Å²) >= 11 is 0. The van der Waals surface area contributed by atoms with Crippen LogP contribution in [0, 0.1) is 11.3 Å². The summed E-state index contributed by atoms with van der Waals surface area (Å²) in [5, 5.41) is 19.0. The van der Waals surface area contributed by atoms with Crippen LogP contribution in [0.5, 0.6) is 0 Å². The van der Waals surface area contributed by atoms with E-state index in [0.717, 1.165) is 25.2 Å². The lowest BCUT2D eigenvalue weighted by atomic mass is 10.1. The Bertz CT molecular complexity index is 429. The first-order valence-corrected chi connectivity index (χ1v) is 6.77. The summed E-state index contributed by atoms with van der Waals surface area (Å²) < 4.78 is 0. The summed E-state index contributed by atoms with van der Waals surface area (Å²) in [5.74, 6) is 0. The highest BCUT2D eigenvalue weighted by Gasteiger charge is 2.25. The molecule has 1 saturated heterocycles. The van der Waals surface area contributed by atoms with Crippen LogP contribution in [0.1, 0.15) is 18.6 Å². The molecule has 0 aliphatic carbocycles. The second-order valence-electron chi connectivity index (χ2n) is 5.16. The molecule has 1 N–H and O–H groups in total. The van der Waals surface area contributed by atoms with Crippen molar-refractivity contribution in [3.05, 3.63) is 35.9 Å². The Morgan fingerprint density at radius 2 is 2.11 bits per heavy atom. The van der Waals surface area contributed by atoms with Crippen LogP contribution >= 0.6 is 0 Å². The van der Waals surface area contributed by atoms with Crippen molar-refractivity contribution in [3.8, 4) is 6.07 Å². The van der Waals surface area contributed by atoms with Crippen LogP contribution in [0.25, 0.3) is 0 Å². The van der Waals surface area contributed by atoms with Gasteiger partial charge >= 0.3 is 0 Å². The molecule has 1 aliphatic rings. The fraction of sp³-hybridized carbons (Fsp3) is 0.533. The zero-order valence-electron chi connectivity index (χ0n) is 11.4. The molecule has 0 saturated carbocycles. The molecule has 2 atom stereocenters. The van der Waals surface area contributed by atoms with E-state index in [9.17, 15) is 5.11 Å². The van der Waals surface area contributed by atoms with Gasteiger partial charge in [0, 0.05) is 32.2 Å². The Balaban J connectivity index is 1.89.